The van der Waals surface area contributed by atoms with Gasteiger partial charge < -0.3 is 33.2 Å². The number of hydrogen-bond acceptors (Lipinski definition) is 8. The highest BCUT2D eigenvalue weighted by atomic mass is 16.7. The number of carbonyl (C=O) groups excluding carboxylic acids is 2. The van der Waals surface area contributed by atoms with Crippen LogP contribution in [0.5, 0.6) is 0 Å². The first kappa shape index (κ1) is 42.2. The number of hydrogen-bond donors (Lipinski definition) is 1. The lowest BCUT2D eigenvalue weighted by Crippen LogP contribution is -2.49. The fraction of sp³-hybridized carbons (Fsp3) is 0.535. The smallest absolute Gasteiger partial charge is 0.399 e. The zero-order chi connectivity index (χ0) is 41.4. The molecule has 0 saturated carbocycles. The molecule has 3 aliphatic heterocycles. The van der Waals surface area contributed by atoms with Crippen molar-refractivity contribution in [1.29, 1.82) is 0 Å². The first-order valence-corrected chi connectivity index (χ1v) is 19.7. The maximum absolute atomic E-state index is 15.0. The van der Waals surface area contributed by atoms with Gasteiger partial charge in [-0.05, 0) is 150 Å². The van der Waals surface area contributed by atoms with Crippen molar-refractivity contribution in [3.05, 3.63) is 83.9 Å². The molecule has 3 aromatic carbocycles. The van der Waals surface area contributed by atoms with Crippen LogP contribution < -0.4 is 26.6 Å². The van der Waals surface area contributed by atoms with Crippen LogP contribution in [0.15, 0.2) is 72.8 Å². The molecule has 1 atom stereocenters. The van der Waals surface area contributed by atoms with Crippen LogP contribution in [0.3, 0.4) is 0 Å². The average Bonchev–Trinajstić information content (AvgIpc) is 3.55. The zero-order valence-electron chi connectivity index (χ0n) is 36.0. The van der Waals surface area contributed by atoms with Gasteiger partial charge in [-0.3, -0.25) is 14.5 Å². The van der Waals surface area contributed by atoms with Crippen LogP contribution in [0.25, 0.3) is 0 Å². The summed E-state index contributed by atoms with van der Waals surface area (Å²) in [5.41, 5.74) is 0.247. The Morgan fingerprint density at radius 1 is 0.518 bits per heavy atom. The first-order valence-electron chi connectivity index (χ1n) is 19.7. The SMILES string of the molecule is CC(C)(C)NC(=O)C(c1ccc(B2OC(C)(C)C(C)(C)O2)cc1)N(C(=O)c1ccc(B2OC(C)(C)C(C)(C)O2)cc1)c1ccc(B2OC(C)(C)C(C)(C)O2)cc1. The van der Waals surface area contributed by atoms with Gasteiger partial charge in [-0.1, -0.05) is 48.5 Å². The van der Waals surface area contributed by atoms with Crippen molar-refractivity contribution in [3.63, 3.8) is 0 Å². The van der Waals surface area contributed by atoms with Gasteiger partial charge in [0.25, 0.3) is 5.91 Å². The monoisotopic (exact) mass is 764 g/mol. The molecule has 3 heterocycles. The Labute approximate surface area is 335 Å². The van der Waals surface area contributed by atoms with E-state index >= 15 is 0 Å². The zero-order valence-corrected chi connectivity index (χ0v) is 36.0. The van der Waals surface area contributed by atoms with E-state index in [1.54, 1.807) is 17.0 Å². The van der Waals surface area contributed by atoms with E-state index in [1.807, 2.05) is 165 Å². The van der Waals surface area contributed by atoms with Gasteiger partial charge in [-0.25, -0.2) is 0 Å². The van der Waals surface area contributed by atoms with E-state index in [1.165, 1.54) is 0 Å². The molecule has 298 valence electrons. The van der Waals surface area contributed by atoms with Gasteiger partial charge in [0.1, 0.15) is 6.04 Å². The highest BCUT2D eigenvalue weighted by molar-refractivity contribution is 6.63. The molecule has 3 aliphatic rings. The lowest BCUT2D eigenvalue weighted by molar-refractivity contribution is -0.123. The van der Waals surface area contributed by atoms with Crippen LogP contribution in [0, 0.1) is 0 Å². The Kier molecular flexibility index (Phi) is 10.6. The highest BCUT2D eigenvalue weighted by Gasteiger charge is 2.54. The summed E-state index contributed by atoms with van der Waals surface area (Å²) in [6.45, 7) is 29.9. The number of nitrogens with zero attached hydrogens (tertiary/aromatic N) is 1. The van der Waals surface area contributed by atoms with Gasteiger partial charge in [-0.2, -0.15) is 0 Å². The van der Waals surface area contributed by atoms with E-state index in [4.69, 9.17) is 27.9 Å². The third kappa shape index (κ3) is 8.00. The van der Waals surface area contributed by atoms with Gasteiger partial charge in [0, 0.05) is 16.8 Å². The van der Waals surface area contributed by atoms with E-state index in [2.05, 4.69) is 5.32 Å². The average molecular weight is 764 g/mol. The molecular formula is C43H59B3N2O8. The lowest BCUT2D eigenvalue weighted by Gasteiger charge is -2.34. The summed E-state index contributed by atoms with van der Waals surface area (Å²) in [5.74, 6) is -0.698. The van der Waals surface area contributed by atoms with Gasteiger partial charge in [0.15, 0.2) is 0 Å². The Bertz CT molecular complexity index is 1890. The Morgan fingerprint density at radius 3 is 1.14 bits per heavy atom. The molecule has 0 spiro atoms. The van der Waals surface area contributed by atoms with E-state index in [0.29, 0.717) is 16.8 Å². The standard InChI is InChI=1S/C43H59B3N2O8/c1-37(2,3)47-35(49)34(28-16-20-30(21-17-28)44-51-38(4,5)39(6,7)52-44)48(33-26-24-32(25-27-33)46-55-42(12,13)43(14,15)56-46)36(50)29-18-22-31(23-19-29)45-53-40(8,9)41(10,11)54-45/h16-27,34H,1-15H3,(H,47,49). The summed E-state index contributed by atoms with van der Waals surface area (Å²) in [7, 11) is -1.77. The fourth-order valence-corrected chi connectivity index (χ4v) is 6.73. The molecule has 10 nitrogen and oxygen atoms in total. The lowest BCUT2D eigenvalue weighted by atomic mass is 9.78. The summed E-state index contributed by atoms with van der Waals surface area (Å²) < 4.78 is 37.9. The van der Waals surface area contributed by atoms with Crippen LogP contribution >= 0.6 is 0 Å². The van der Waals surface area contributed by atoms with Crippen molar-refractivity contribution in [2.75, 3.05) is 4.90 Å². The minimum absolute atomic E-state index is 0.335. The largest absolute Gasteiger partial charge is 0.494 e. The molecule has 1 unspecified atom stereocenters. The number of benzene rings is 3. The van der Waals surface area contributed by atoms with E-state index in [0.717, 1.165) is 16.4 Å². The van der Waals surface area contributed by atoms with E-state index in [-0.39, 0.29) is 11.8 Å². The predicted molar refractivity (Wildman–Crippen MR) is 224 cm³/mol. The number of rotatable bonds is 8. The van der Waals surface area contributed by atoms with Crippen LogP contribution in [0.4, 0.5) is 5.69 Å². The molecule has 1 N–H and O–H groups in total. The van der Waals surface area contributed by atoms with Crippen molar-refractivity contribution in [2.24, 2.45) is 0 Å². The summed E-state index contributed by atoms with van der Waals surface area (Å²) in [6.07, 6.45) is 0. The quantitative estimate of drug-likeness (QED) is 0.284. The van der Waals surface area contributed by atoms with Crippen molar-refractivity contribution in [3.8, 4) is 0 Å². The second kappa shape index (κ2) is 14.1. The summed E-state index contributed by atoms with van der Waals surface area (Å²) in [5, 5.41) is 3.15. The van der Waals surface area contributed by atoms with Gasteiger partial charge in [-0.15, -0.1) is 0 Å². The molecular weight excluding hydrogens is 705 g/mol. The predicted octanol–water partition coefficient (Wildman–Crippen LogP) is 5.89. The molecule has 0 aliphatic carbocycles. The molecule has 13 heteroatoms. The molecule has 0 bridgehead atoms. The molecule has 0 radical (unpaired) electrons. The first-order chi connectivity index (χ1) is 25.6. The Hall–Kier alpha value is -3.45. The molecule has 3 saturated heterocycles. The van der Waals surface area contributed by atoms with E-state index in [9.17, 15) is 9.59 Å². The van der Waals surface area contributed by atoms with Gasteiger partial charge in [0.2, 0.25) is 5.91 Å². The second-order valence-electron chi connectivity index (χ2n) is 19.5. The fourth-order valence-electron chi connectivity index (χ4n) is 6.73. The molecule has 3 aromatic rings. The van der Waals surface area contributed by atoms with Gasteiger partial charge in [0.05, 0.1) is 33.6 Å². The summed E-state index contributed by atoms with van der Waals surface area (Å²) >= 11 is 0. The van der Waals surface area contributed by atoms with Crippen molar-refractivity contribution < 1.29 is 37.5 Å². The minimum atomic E-state index is -1.06. The highest BCUT2D eigenvalue weighted by Crippen LogP contribution is 2.39. The van der Waals surface area contributed by atoms with Crippen LogP contribution in [-0.4, -0.2) is 72.3 Å². The van der Waals surface area contributed by atoms with Crippen LogP contribution in [0.2, 0.25) is 0 Å². The van der Waals surface area contributed by atoms with Crippen LogP contribution in [0.1, 0.15) is 126 Å². The Balaban J connectivity index is 1.40. The third-order valence-electron chi connectivity index (χ3n) is 12.4. The second-order valence-corrected chi connectivity index (χ2v) is 19.5. The normalized spacial score (nSPS) is 22.2. The van der Waals surface area contributed by atoms with Gasteiger partial charge >= 0.3 is 21.4 Å². The number of nitrogens with one attached hydrogen (secondary N) is 1. The molecule has 2 amide bonds. The summed E-state index contributed by atoms with van der Waals surface area (Å²) in [4.78, 5) is 31.1. The third-order valence-corrected chi connectivity index (χ3v) is 12.4. The number of anilines is 1. The molecule has 56 heavy (non-hydrogen) atoms. The van der Waals surface area contributed by atoms with Crippen molar-refractivity contribution in [2.45, 2.75) is 149 Å². The molecule has 3 fully saturated rings. The maximum Gasteiger partial charge on any atom is 0.494 e. The molecule has 6 rings (SSSR count). The topological polar surface area (TPSA) is 105 Å². The summed E-state index contributed by atoms with van der Waals surface area (Å²) in [6, 6.07) is 21.1. The minimum Gasteiger partial charge on any atom is -0.399 e. The van der Waals surface area contributed by atoms with Crippen molar-refractivity contribution in [1.82, 2.24) is 5.32 Å². The maximum atomic E-state index is 15.0. The molecule has 0 aromatic heterocycles. The number of carbonyl (C=O) groups is 2. The number of amides is 2. The van der Waals surface area contributed by atoms with Crippen molar-refractivity contribution >= 4 is 55.2 Å². The van der Waals surface area contributed by atoms with E-state index < -0.39 is 66.5 Å². The van der Waals surface area contributed by atoms with Crippen LogP contribution in [-0.2, 0) is 32.7 Å². The Morgan fingerprint density at radius 2 is 0.821 bits per heavy atom.